The van der Waals surface area contributed by atoms with Crippen LogP contribution in [0.2, 0.25) is 0 Å². The van der Waals surface area contributed by atoms with Crippen molar-refractivity contribution in [3.63, 3.8) is 0 Å². The largest absolute Gasteiger partial charge is 0.390 e. The lowest BCUT2D eigenvalue weighted by atomic mass is 9.61. The van der Waals surface area contributed by atoms with E-state index in [4.69, 9.17) is 9.47 Å². The molecular weight excluding hydrogens is 228 g/mol. The van der Waals surface area contributed by atoms with E-state index in [-0.39, 0.29) is 5.41 Å². The predicted molar refractivity (Wildman–Crippen MR) is 71.2 cm³/mol. The summed E-state index contributed by atoms with van der Waals surface area (Å²) < 4.78 is 10.9. The Morgan fingerprint density at radius 3 is 2.61 bits per heavy atom. The summed E-state index contributed by atoms with van der Waals surface area (Å²) in [7, 11) is 1.68. The number of aliphatic hydroxyl groups is 1. The van der Waals surface area contributed by atoms with Gasteiger partial charge in [-0.2, -0.15) is 0 Å². The van der Waals surface area contributed by atoms with Crippen molar-refractivity contribution in [3.8, 4) is 0 Å². The average Bonchev–Trinajstić information content (AvgIpc) is 2.63. The molecule has 18 heavy (non-hydrogen) atoms. The molecule has 0 heterocycles. The van der Waals surface area contributed by atoms with Crippen LogP contribution in [0.4, 0.5) is 0 Å². The van der Waals surface area contributed by atoms with E-state index >= 15 is 0 Å². The van der Waals surface area contributed by atoms with Crippen LogP contribution in [0.25, 0.3) is 0 Å². The maximum atomic E-state index is 10.4. The van der Waals surface area contributed by atoms with E-state index in [1.54, 1.807) is 7.11 Å². The molecular formula is C15H28O3. The molecule has 1 N–H and O–H groups in total. The van der Waals surface area contributed by atoms with Crippen LogP contribution in [0.15, 0.2) is 0 Å². The molecule has 4 atom stereocenters. The highest BCUT2D eigenvalue weighted by atomic mass is 16.7. The molecule has 0 amide bonds. The Kier molecular flexibility index (Phi) is 4.05. The van der Waals surface area contributed by atoms with Crippen LogP contribution < -0.4 is 0 Å². The summed E-state index contributed by atoms with van der Waals surface area (Å²) >= 11 is 0. The van der Waals surface area contributed by atoms with E-state index in [0.29, 0.717) is 24.7 Å². The number of fused-ring (bicyclic) bond motifs is 1. The Hall–Kier alpha value is -0.120. The third-order valence-corrected chi connectivity index (χ3v) is 5.32. The molecule has 106 valence electrons. The summed E-state index contributed by atoms with van der Waals surface area (Å²) in [5, 5.41) is 10.4. The summed E-state index contributed by atoms with van der Waals surface area (Å²) in [5.74, 6) is 0.974. The molecule has 3 heteroatoms. The zero-order valence-corrected chi connectivity index (χ0v) is 12.2. The number of methoxy groups -OCH3 is 1. The van der Waals surface area contributed by atoms with Crippen LogP contribution in [0.1, 0.15) is 52.9 Å². The van der Waals surface area contributed by atoms with Gasteiger partial charge in [0, 0.05) is 7.11 Å². The van der Waals surface area contributed by atoms with Gasteiger partial charge < -0.3 is 14.6 Å². The van der Waals surface area contributed by atoms with Gasteiger partial charge in [0.25, 0.3) is 0 Å². The minimum atomic E-state index is -0.577. The highest BCUT2D eigenvalue weighted by Crippen LogP contribution is 2.58. The Labute approximate surface area is 111 Å². The molecule has 2 fully saturated rings. The van der Waals surface area contributed by atoms with Gasteiger partial charge in [-0.05, 0) is 56.8 Å². The van der Waals surface area contributed by atoms with Crippen molar-refractivity contribution in [2.75, 3.05) is 13.9 Å². The number of hydrogen-bond acceptors (Lipinski definition) is 3. The molecule has 4 unspecified atom stereocenters. The van der Waals surface area contributed by atoms with Crippen LogP contribution in [0, 0.1) is 17.3 Å². The van der Waals surface area contributed by atoms with E-state index < -0.39 is 5.60 Å². The number of ether oxygens (including phenoxy) is 2. The SMILES string of the molecule is COCOC1CCCC2(C)C1CCC2C(C)(C)O. The normalized spacial score (nSPS) is 40.8. The maximum absolute atomic E-state index is 10.4. The van der Waals surface area contributed by atoms with Crippen LogP contribution in [0.3, 0.4) is 0 Å². The number of rotatable bonds is 4. The maximum Gasteiger partial charge on any atom is 0.146 e. The molecule has 2 aliphatic rings. The third-order valence-electron chi connectivity index (χ3n) is 5.32. The molecule has 0 aliphatic heterocycles. The van der Waals surface area contributed by atoms with E-state index in [0.717, 1.165) is 12.8 Å². The first kappa shape index (κ1) is 14.3. The lowest BCUT2D eigenvalue weighted by Gasteiger charge is -2.47. The van der Waals surface area contributed by atoms with Crippen molar-refractivity contribution >= 4 is 0 Å². The minimum absolute atomic E-state index is 0.231. The average molecular weight is 256 g/mol. The van der Waals surface area contributed by atoms with E-state index in [1.807, 2.05) is 13.8 Å². The first-order chi connectivity index (χ1) is 8.39. The van der Waals surface area contributed by atoms with Gasteiger partial charge in [0.15, 0.2) is 0 Å². The van der Waals surface area contributed by atoms with Gasteiger partial charge in [0.05, 0.1) is 11.7 Å². The Bertz CT molecular complexity index is 284. The Morgan fingerprint density at radius 1 is 1.28 bits per heavy atom. The van der Waals surface area contributed by atoms with Crippen molar-refractivity contribution in [1.82, 2.24) is 0 Å². The van der Waals surface area contributed by atoms with Crippen LogP contribution >= 0.6 is 0 Å². The Morgan fingerprint density at radius 2 is 2.00 bits per heavy atom. The zero-order valence-electron chi connectivity index (χ0n) is 12.2. The molecule has 0 bridgehead atoms. The van der Waals surface area contributed by atoms with E-state index in [9.17, 15) is 5.11 Å². The monoisotopic (exact) mass is 256 g/mol. The minimum Gasteiger partial charge on any atom is -0.390 e. The van der Waals surface area contributed by atoms with Crippen LogP contribution in [-0.4, -0.2) is 30.7 Å². The summed E-state index contributed by atoms with van der Waals surface area (Å²) in [6.07, 6.45) is 6.18. The fraction of sp³-hybridized carbons (Fsp3) is 1.00. The molecule has 0 radical (unpaired) electrons. The summed E-state index contributed by atoms with van der Waals surface area (Å²) in [6, 6.07) is 0. The molecule has 0 aromatic heterocycles. The summed E-state index contributed by atoms with van der Waals surface area (Å²) in [4.78, 5) is 0. The molecule has 0 spiro atoms. The molecule has 2 rings (SSSR count). The van der Waals surface area contributed by atoms with Gasteiger partial charge in [-0.1, -0.05) is 13.3 Å². The van der Waals surface area contributed by atoms with Gasteiger partial charge in [-0.3, -0.25) is 0 Å². The highest BCUT2D eigenvalue weighted by molar-refractivity contribution is 5.05. The molecule has 2 aliphatic carbocycles. The first-order valence-corrected chi connectivity index (χ1v) is 7.22. The molecule has 0 aromatic carbocycles. The molecule has 0 saturated heterocycles. The topological polar surface area (TPSA) is 38.7 Å². The summed E-state index contributed by atoms with van der Waals surface area (Å²) in [5.41, 5.74) is -0.346. The second-order valence-corrected chi connectivity index (χ2v) is 6.90. The van der Waals surface area contributed by atoms with Crippen LogP contribution in [0.5, 0.6) is 0 Å². The van der Waals surface area contributed by atoms with Crippen molar-refractivity contribution in [2.24, 2.45) is 17.3 Å². The van der Waals surface area contributed by atoms with Gasteiger partial charge >= 0.3 is 0 Å². The van der Waals surface area contributed by atoms with Crippen molar-refractivity contribution in [1.29, 1.82) is 0 Å². The fourth-order valence-corrected chi connectivity index (χ4v) is 4.63. The van der Waals surface area contributed by atoms with E-state index in [2.05, 4.69) is 6.92 Å². The van der Waals surface area contributed by atoms with Crippen LogP contribution in [-0.2, 0) is 9.47 Å². The standard InChI is InChI=1S/C15H28O3/c1-14(2,16)13-8-7-11-12(18-10-17-4)6-5-9-15(11,13)3/h11-13,16H,5-10H2,1-4H3. The molecule has 2 saturated carbocycles. The molecule has 3 nitrogen and oxygen atoms in total. The predicted octanol–water partition coefficient (Wildman–Crippen LogP) is 2.96. The van der Waals surface area contributed by atoms with E-state index in [1.165, 1.54) is 19.3 Å². The second-order valence-electron chi connectivity index (χ2n) is 6.90. The lowest BCUT2D eigenvalue weighted by molar-refractivity contribution is -0.139. The molecule has 0 aromatic rings. The van der Waals surface area contributed by atoms with Crippen molar-refractivity contribution < 1.29 is 14.6 Å². The second kappa shape index (κ2) is 5.10. The lowest BCUT2D eigenvalue weighted by Crippen LogP contribution is -2.47. The van der Waals surface area contributed by atoms with Crippen molar-refractivity contribution in [2.45, 2.75) is 64.6 Å². The first-order valence-electron chi connectivity index (χ1n) is 7.22. The third kappa shape index (κ3) is 2.45. The van der Waals surface area contributed by atoms with Gasteiger partial charge in [-0.25, -0.2) is 0 Å². The highest BCUT2D eigenvalue weighted by Gasteiger charge is 2.55. The van der Waals surface area contributed by atoms with Crippen molar-refractivity contribution in [3.05, 3.63) is 0 Å². The number of hydrogen-bond donors (Lipinski definition) is 1. The fourth-order valence-electron chi connectivity index (χ4n) is 4.63. The quantitative estimate of drug-likeness (QED) is 0.786. The smallest absolute Gasteiger partial charge is 0.146 e. The van der Waals surface area contributed by atoms with Gasteiger partial charge in [-0.15, -0.1) is 0 Å². The van der Waals surface area contributed by atoms with Gasteiger partial charge in [0.1, 0.15) is 6.79 Å². The van der Waals surface area contributed by atoms with Gasteiger partial charge in [0.2, 0.25) is 0 Å². The zero-order chi connectivity index (χ0) is 13.4. The Balaban J connectivity index is 2.13. The summed E-state index contributed by atoms with van der Waals surface area (Å²) in [6.45, 7) is 6.68.